The van der Waals surface area contributed by atoms with Crippen molar-refractivity contribution in [2.24, 2.45) is 5.92 Å². The minimum atomic E-state index is -1.20. The van der Waals surface area contributed by atoms with Crippen LogP contribution in [-0.4, -0.2) is 34.1 Å². The molecule has 0 radical (unpaired) electrons. The lowest BCUT2D eigenvalue weighted by Gasteiger charge is -2.17. The molecule has 0 rings (SSSR count). The summed E-state index contributed by atoms with van der Waals surface area (Å²) >= 11 is 0. The average molecular weight is 245 g/mol. The molecule has 0 aliphatic carbocycles. The molecule has 1 amide bonds. The zero-order chi connectivity index (χ0) is 13.4. The molecule has 3 N–H and O–H groups in total. The molecule has 17 heavy (non-hydrogen) atoms. The second-order valence-corrected chi connectivity index (χ2v) is 3.85. The van der Waals surface area contributed by atoms with Crippen LogP contribution in [0.15, 0.2) is 0 Å². The number of hydrogen-bond donors (Lipinski definition) is 3. The molecule has 0 aromatic rings. The second-order valence-electron chi connectivity index (χ2n) is 3.85. The summed E-state index contributed by atoms with van der Waals surface area (Å²) in [4.78, 5) is 32.8. The van der Waals surface area contributed by atoms with Crippen LogP contribution in [0.4, 0.5) is 0 Å². The Kier molecular flexibility index (Phi) is 6.93. The van der Waals surface area contributed by atoms with Crippen molar-refractivity contribution in [3.05, 3.63) is 0 Å². The van der Waals surface area contributed by atoms with Gasteiger partial charge in [-0.05, 0) is 19.3 Å². The Labute approximate surface area is 100 Å². The fraction of sp³-hybridized carbons (Fsp3) is 0.727. The van der Waals surface area contributed by atoms with Crippen LogP contribution in [0.1, 0.15) is 39.5 Å². The average Bonchev–Trinajstić information content (AvgIpc) is 2.25. The zero-order valence-electron chi connectivity index (χ0n) is 10.1. The second kappa shape index (κ2) is 7.65. The van der Waals surface area contributed by atoms with Gasteiger partial charge in [0.2, 0.25) is 5.91 Å². The highest BCUT2D eigenvalue weighted by molar-refractivity contribution is 5.85. The van der Waals surface area contributed by atoms with Crippen molar-refractivity contribution in [1.82, 2.24) is 5.32 Å². The van der Waals surface area contributed by atoms with Gasteiger partial charge >= 0.3 is 11.9 Å². The third kappa shape index (κ3) is 5.89. The van der Waals surface area contributed by atoms with E-state index in [-0.39, 0.29) is 24.7 Å². The van der Waals surface area contributed by atoms with E-state index in [1.54, 1.807) is 0 Å². The molecule has 0 saturated heterocycles. The van der Waals surface area contributed by atoms with Gasteiger partial charge in [-0.15, -0.1) is 0 Å². The van der Waals surface area contributed by atoms with Crippen molar-refractivity contribution >= 4 is 17.8 Å². The van der Waals surface area contributed by atoms with Crippen LogP contribution < -0.4 is 5.32 Å². The molecule has 98 valence electrons. The van der Waals surface area contributed by atoms with Crippen LogP contribution >= 0.6 is 0 Å². The third-order valence-electron chi connectivity index (χ3n) is 2.62. The summed E-state index contributed by atoms with van der Waals surface area (Å²) in [7, 11) is 0. The number of carboxylic acid groups (broad SMARTS) is 2. The molecule has 0 aromatic heterocycles. The van der Waals surface area contributed by atoms with Crippen LogP contribution in [0, 0.1) is 5.92 Å². The van der Waals surface area contributed by atoms with Gasteiger partial charge in [0.15, 0.2) is 0 Å². The highest BCUT2D eigenvalue weighted by Gasteiger charge is 2.23. The van der Waals surface area contributed by atoms with Crippen molar-refractivity contribution in [3.8, 4) is 0 Å². The van der Waals surface area contributed by atoms with Gasteiger partial charge in [-0.1, -0.05) is 13.8 Å². The Morgan fingerprint density at radius 1 is 1.12 bits per heavy atom. The van der Waals surface area contributed by atoms with Crippen LogP contribution in [0.2, 0.25) is 0 Å². The van der Waals surface area contributed by atoms with E-state index in [1.165, 1.54) is 0 Å². The molecule has 0 fully saturated rings. The Morgan fingerprint density at radius 2 is 1.65 bits per heavy atom. The van der Waals surface area contributed by atoms with Crippen LogP contribution in [0.3, 0.4) is 0 Å². The van der Waals surface area contributed by atoms with Crippen molar-refractivity contribution in [2.45, 2.75) is 45.6 Å². The lowest BCUT2D eigenvalue weighted by atomic mass is 10.0. The maximum absolute atomic E-state index is 11.6. The summed E-state index contributed by atoms with van der Waals surface area (Å²) < 4.78 is 0. The predicted molar refractivity (Wildman–Crippen MR) is 60.5 cm³/mol. The molecule has 0 saturated carbocycles. The Morgan fingerprint density at radius 3 is 2.00 bits per heavy atom. The summed E-state index contributed by atoms with van der Waals surface area (Å²) in [6.07, 6.45) is 0.887. The summed E-state index contributed by atoms with van der Waals surface area (Å²) in [5.41, 5.74) is 0. The summed E-state index contributed by atoms with van der Waals surface area (Å²) in [6, 6.07) is -1.13. The highest BCUT2D eigenvalue weighted by Crippen LogP contribution is 2.08. The number of amides is 1. The minimum Gasteiger partial charge on any atom is -0.481 e. The van der Waals surface area contributed by atoms with Crippen LogP contribution in [0.5, 0.6) is 0 Å². The van der Waals surface area contributed by atoms with E-state index >= 15 is 0 Å². The van der Waals surface area contributed by atoms with Gasteiger partial charge in [-0.25, -0.2) is 4.79 Å². The van der Waals surface area contributed by atoms with Gasteiger partial charge in [-0.3, -0.25) is 9.59 Å². The van der Waals surface area contributed by atoms with Crippen LogP contribution in [-0.2, 0) is 14.4 Å². The first-order chi connectivity index (χ1) is 7.92. The standard InChI is InChI=1S/C11H19NO5/c1-3-7(4-2)10(15)12-8(11(16)17)5-6-9(13)14/h7-8H,3-6H2,1-2H3,(H,12,15)(H,13,14)(H,16,17)/t8-/m0/s1. The molecule has 6 heteroatoms. The Bertz CT molecular complexity index is 286. The summed E-state index contributed by atoms with van der Waals surface area (Å²) in [5, 5.41) is 19.7. The van der Waals surface area contributed by atoms with E-state index in [0.717, 1.165) is 0 Å². The van der Waals surface area contributed by atoms with Gasteiger partial charge in [0.05, 0.1) is 0 Å². The van der Waals surface area contributed by atoms with Gasteiger partial charge in [-0.2, -0.15) is 0 Å². The molecule has 0 unspecified atom stereocenters. The van der Waals surface area contributed by atoms with E-state index in [2.05, 4.69) is 5.32 Å². The molecular formula is C11H19NO5. The van der Waals surface area contributed by atoms with Crippen molar-refractivity contribution in [1.29, 1.82) is 0 Å². The minimum absolute atomic E-state index is 0.101. The molecule has 0 aliphatic heterocycles. The monoisotopic (exact) mass is 245 g/mol. The number of nitrogens with one attached hydrogen (secondary N) is 1. The van der Waals surface area contributed by atoms with Gasteiger partial charge < -0.3 is 15.5 Å². The third-order valence-corrected chi connectivity index (χ3v) is 2.62. The van der Waals surface area contributed by atoms with E-state index < -0.39 is 18.0 Å². The Hall–Kier alpha value is -1.59. The molecule has 6 nitrogen and oxygen atoms in total. The molecule has 0 bridgehead atoms. The highest BCUT2D eigenvalue weighted by atomic mass is 16.4. The van der Waals surface area contributed by atoms with E-state index in [9.17, 15) is 14.4 Å². The quantitative estimate of drug-likeness (QED) is 0.588. The first-order valence-corrected chi connectivity index (χ1v) is 5.67. The SMILES string of the molecule is CCC(CC)C(=O)N[C@@H](CCC(=O)O)C(=O)O. The maximum Gasteiger partial charge on any atom is 0.326 e. The fourth-order valence-electron chi connectivity index (χ4n) is 1.47. The topological polar surface area (TPSA) is 104 Å². The number of carbonyl (C=O) groups is 3. The smallest absolute Gasteiger partial charge is 0.326 e. The van der Waals surface area contributed by atoms with Crippen LogP contribution in [0.25, 0.3) is 0 Å². The summed E-state index contributed by atoms with van der Waals surface area (Å²) in [6.45, 7) is 3.70. The predicted octanol–water partition coefficient (Wildman–Crippen LogP) is 0.857. The molecule has 1 atom stereocenters. The normalized spacial score (nSPS) is 12.2. The molecule has 0 spiro atoms. The molecule has 0 aliphatic rings. The number of carbonyl (C=O) groups excluding carboxylic acids is 1. The lowest BCUT2D eigenvalue weighted by Crippen LogP contribution is -2.43. The first-order valence-electron chi connectivity index (χ1n) is 5.67. The molecule has 0 heterocycles. The summed E-state index contributed by atoms with van der Waals surface area (Å²) in [5.74, 6) is -2.83. The fourth-order valence-corrected chi connectivity index (χ4v) is 1.47. The van der Waals surface area contributed by atoms with Gasteiger partial charge in [0.25, 0.3) is 0 Å². The maximum atomic E-state index is 11.6. The molecule has 0 aromatic carbocycles. The number of rotatable bonds is 8. The number of hydrogen-bond acceptors (Lipinski definition) is 3. The van der Waals surface area contributed by atoms with E-state index in [4.69, 9.17) is 10.2 Å². The first kappa shape index (κ1) is 15.4. The van der Waals surface area contributed by atoms with Crippen molar-refractivity contribution in [2.75, 3.05) is 0 Å². The zero-order valence-corrected chi connectivity index (χ0v) is 10.1. The lowest BCUT2D eigenvalue weighted by molar-refractivity contribution is -0.143. The largest absolute Gasteiger partial charge is 0.481 e. The van der Waals surface area contributed by atoms with Gasteiger partial charge in [0.1, 0.15) is 6.04 Å². The molecular weight excluding hydrogens is 226 g/mol. The van der Waals surface area contributed by atoms with E-state index in [1.807, 2.05) is 13.8 Å². The number of aliphatic carboxylic acids is 2. The van der Waals surface area contributed by atoms with Gasteiger partial charge in [0, 0.05) is 12.3 Å². The van der Waals surface area contributed by atoms with Crippen molar-refractivity contribution in [3.63, 3.8) is 0 Å². The van der Waals surface area contributed by atoms with E-state index in [0.29, 0.717) is 12.8 Å². The Balaban J connectivity index is 4.38. The van der Waals surface area contributed by atoms with Crippen molar-refractivity contribution < 1.29 is 24.6 Å². The number of carboxylic acids is 2.